The number of carboxylic acids is 1. The fourth-order valence-electron chi connectivity index (χ4n) is 6.14. The van der Waals surface area contributed by atoms with Gasteiger partial charge in [0, 0.05) is 43.5 Å². The summed E-state index contributed by atoms with van der Waals surface area (Å²) in [6, 6.07) is 0. The second-order valence-electron chi connectivity index (χ2n) is 15.7. The molecule has 1 fully saturated rings. The fourth-order valence-corrected chi connectivity index (χ4v) is 9.69. The van der Waals surface area contributed by atoms with Crippen LogP contribution in [0.1, 0.15) is 90.7 Å². The number of hydrogen-bond acceptors (Lipinski definition) is 19. The third-order valence-corrected chi connectivity index (χ3v) is 13.7. The Kier molecular flexibility index (Phi) is 23.9. The third-order valence-electron chi connectivity index (χ3n) is 9.65. The van der Waals surface area contributed by atoms with Crippen LogP contribution in [0.5, 0.6) is 0 Å². The van der Waals surface area contributed by atoms with Gasteiger partial charge in [0.25, 0.3) is 0 Å². The molecule has 26 nitrogen and oxygen atoms in total. The minimum atomic E-state index is -5.59. The number of anilines is 1. The summed E-state index contributed by atoms with van der Waals surface area (Å²) in [5.41, 5.74) is 4.25. The van der Waals surface area contributed by atoms with Crippen molar-refractivity contribution < 1.29 is 90.4 Å². The molecule has 2 amide bonds. The molecule has 0 saturated carbocycles. The van der Waals surface area contributed by atoms with E-state index in [9.17, 15) is 62.7 Å². The zero-order valence-corrected chi connectivity index (χ0v) is 40.3. The van der Waals surface area contributed by atoms with Gasteiger partial charge in [-0.05, 0) is 32.1 Å². The van der Waals surface area contributed by atoms with Crippen molar-refractivity contribution in [1.29, 1.82) is 0 Å². The van der Waals surface area contributed by atoms with Gasteiger partial charge in [-0.1, -0.05) is 69.2 Å². The van der Waals surface area contributed by atoms with Crippen LogP contribution in [0.15, 0.2) is 37.0 Å². The van der Waals surface area contributed by atoms with Crippen LogP contribution in [0.4, 0.5) is 5.82 Å². The number of nitrogens with zero attached hydrogens (tertiary/aromatic N) is 4. The molecule has 0 aliphatic carbocycles. The molecule has 1 saturated heterocycles. The number of aliphatic hydroxyl groups is 2. The van der Waals surface area contributed by atoms with E-state index >= 15 is 0 Å². The number of carbonyl (C=O) groups is 4. The number of thioether (sulfide) groups is 1. The number of allylic oxidation sites excluding steroid dienone is 4. The number of amides is 2. The van der Waals surface area contributed by atoms with Crippen molar-refractivity contribution in [3.05, 3.63) is 37.0 Å². The molecular formula is C37H60N7O19P3S. The van der Waals surface area contributed by atoms with E-state index < -0.39 is 90.5 Å². The molecule has 0 spiro atoms. The highest BCUT2D eigenvalue weighted by molar-refractivity contribution is 8.13. The Hall–Kier alpha value is -3.49. The zero-order chi connectivity index (χ0) is 49.8. The number of fused-ring (bicyclic) bond motifs is 1. The van der Waals surface area contributed by atoms with E-state index in [1.54, 1.807) is 0 Å². The lowest BCUT2D eigenvalue weighted by atomic mass is 9.87. The van der Waals surface area contributed by atoms with Crippen LogP contribution in [0.3, 0.4) is 0 Å². The van der Waals surface area contributed by atoms with Gasteiger partial charge in [0.1, 0.15) is 36.3 Å². The number of imidazole rings is 1. The van der Waals surface area contributed by atoms with Gasteiger partial charge in [-0.2, -0.15) is 4.31 Å². The number of aromatic nitrogens is 4. The Labute approximate surface area is 389 Å². The molecule has 378 valence electrons. The highest BCUT2D eigenvalue weighted by atomic mass is 32.2. The number of hydrogen-bond donors (Lipinski definition) is 10. The SMILES string of the molecule is CC(C)(COP(=O)(O)OP(=O)(O)OCC1OC(n2cnc3c(N)ncnc32)C(O)C1OP(=O)(O)O)C(O)C(=O)NCCC(=O)NCCSC(=O)CCCCCCC/C=C/C/C=C/CCC(=O)O. The van der Waals surface area contributed by atoms with Crippen molar-refractivity contribution >= 4 is 75.1 Å². The number of aliphatic hydroxyl groups excluding tert-OH is 2. The summed E-state index contributed by atoms with van der Waals surface area (Å²) in [5, 5.41) is 35.2. The van der Waals surface area contributed by atoms with Crippen molar-refractivity contribution in [2.24, 2.45) is 5.41 Å². The van der Waals surface area contributed by atoms with E-state index in [4.69, 9.17) is 24.6 Å². The lowest BCUT2D eigenvalue weighted by Gasteiger charge is -2.30. The van der Waals surface area contributed by atoms with Crippen LogP contribution in [0.25, 0.3) is 11.2 Å². The van der Waals surface area contributed by atoms with Crippen molar-refractivity contribution in [2.75, 3.05) is 37.8 Å². The number of rotatable bonds is 32. The van der Waals surface area contributed by atoms with E-state index in [1.807, 2.05) is 12.2 Å². The molecule has 0 aromatic carbocycles. The predicted molar refractivity (Wildman–Crippen MR) is 239 cm³/mol. The maximum atomic E-state index is 12.7. The predicted octanol–water partition coefficient (Wildman–Crippen LogP) is 2.76. The average Bonchev–Trinajstić information content (AvgIpc) is 3.80. The second kappa shape index (κ2) is 27.6. The number of aliphatic carboxylic acids is 1. The van der Waals surface area contributed by atoms with Crippen LogP contribution >= 0.6 is 35.2 Å². The summed E-state index contributed by atoms with van der Waals surface area (Å²) in [5.74, 6) is -1.92. The first-order valence-corrected chi connectivity index (χ1v) is 26.5. The summed E-state index contributed by atoms with van der Waals surface area (Å²) in [6.45, 7) is 0.471. The largest absolute Gasteiger partial charge is 0.481 e. The minimum absolute atomic E-state index is 0.0190. The Morgan fingerprint density at radius 1 is 0.910 bits per heavy atom. The number of phosphoric acid groups is 3. The van der Waals surface area contributed by atoms with Gasteiger partial charge < -0.3 is 56.0 Å². The summed E-state index contributed by atoms with van der Waals surface area (Å²) in [7, 11) is -16.4. The minimum Gasteiger partial charge on any atom is -0.481 e. The van der Waals surface area contributed by atoms with Crippen molar-refractivity contribution in [3.8, 4) is 0 Å². The Balaban J connectivity index is 1.31. The van der Waals surface area contributed by atoms with Crippen molar-refractivity contribution in [2.45, 2.75) is 115 Å². The molecule has 30 heteroatoms. The van der Waals surface area contributed by atoms with Gasteiger partial charge in [0.15, 0.2) is 22.8 Å². The zero-order valence-electron chi connectivity index (χ0n) is 36.8. The van der Waals surface area contributed by atoms with Crippen LogP contribution in [0, 0.1) is 5.41 Å². The summed E-state index contributed by atoms with van der Waals surface area (Å²) in [6.07, 6.45) is 8.66. The molecule has 2 aromatic heterocycles. The Bertz CT molecular complexity index is 2160. The van der Waals surface area contributed by atoms with Crippen LogP contribution in [-0.2, 0) is 55.5 Å². The molecule has 0 radical (unpaired) electrons. The average molecular weight is 1030 g/mol. The normalized spacial score (nSPS) is 20.2. The van der Waals surface area contributed by atoms with E-state index in [2.05, 4.69) is 46.6 Å². The highest BCUT2D eigenvalue weighted by Crippen LogP contribution is 2.61. The van der Waals surface area contributed by atoms with E-state index in [-0.39, 0.29) is 48.0 Å². The van der Waals surface area contributed by atoms with E-state index in [0.29, 0.717) is 18.6 Å². The number of ether oxygens (including phenoxy) is 1. The molecule has 11 N–H and O–H groups in total. The number of unbranched alkanes of at least 4 members (excludes halogenated alkanes) is 5. The highest BCUT2D eigenvalue weighted by Gasteiger charge is 2.50. The molecular weight excluding hydrogens is 971 g/mol. The molecule has 7 unspecified atom stereocenters. The number of carboxylic acid groups (broad SMARTS) is 1. The summed E-state index contributed by atoms with van der Waals surface area (Å²) < 4.78 is 62.3. The van der Waals surface area contributed by atoms with Crippen LogP contribution < -0.4 is 16.4 Å². The first-order valence-electron chi connectivity index (χ1n) is 21.0. The number of nitrogens with two attached hydrogens (primary N) is 1. The number of nitrogens with one attached hydrogen (secondary N) is 2. The first-order chi connectivity index (χ1) is 31.4. The molecule has 3 rings (SSSR count). The summed E-state index contributed by atoms with van der Waals surface area (Å²) in [4.78, 5) is 98.7. The van der Waals surface area contributed by atoms with Gasteiger partial charge in [-0.3, -0.25) is 37.3 Å². The maximum Gasteiger partial charge on any atom is 0.481 e. The summed E-state index contributed by atoms with van der Waals surface area (Å²) >= 11 is 1.11. The van der Waals surface area contributed by atoms with Gasteiger partial charge in [-0.25, -0.2) is 28.6 Å². The molecule has 7 atom stereocenters. The van der Waals surface area contributed by atoms with Gasteiger partial charge in [0.05, 0.1) is 19.5 Å². The molecule has 0 bridgehead atoms. The standard InChI is InChI=1S/C37H60N7O19P3S/c1-37(2,32(50)35(51)40-18-17-26(45)39-19-20-67-28(48)16-14-12-10-8-6-4-3-5-7-9-11-13-15-27(46)47)22-60-66(57,58)63-65(55,56)59-21-25-31(62-64(52,53)54)30(49)36(61-25)44-24-43-29-33(38)41-23-42-34(29)44/h3,5,9,11,23-25,30-32,36,49-50H,4,6-8,10,12-22H2,1-2H3,(H,39,45)(H,40,51)(H,46,47)(H,55,56)(H,57,58)(H2,38,41,42)(H2,52,53,54)/b5-3+,11-9+. The molecule has 1 aliphatic rings. The van der Waals surface area contributed by atoms with E-state index in [0.717, 1.165) is 73.9 Å². The van der Waals surface area contributed by atoms with E-state index in [1.165, 1.54) is 13.8 Å². The van der Waals surface area contributed by atoms with Crippen molar-refractivity contribution in [3.63, 3.8) is 0 Å². The van der Waals surface area contributed by atoms with Gasteiger partial charge in [0.2, 0.25) is 11.8 Å². The molecule has 1 aliphatic heterocycles. The monoisotopic (exact) mass is 1030 g/mol. The Morgan fingerprint density at radius 2 is 1.58 bits per heavy atom. The van der Waals surface area contributed by atoms with Gasteiger partial charge in [-0.15, -0.1) is 0 Å². The smallest absolute Gasteiger partial charge is 0.481 e. The molecule has 3 heterocycles. The quantitative estimate of drug-likeness (QED) is 0.0286. The van der Waals surface area contributed by atoms with Crippen molar-refractivity contribution in [1.82, 2.24) is 30.2 Å². The fraction of sp³-hybridized carbons (Fsp3) is 0.649. The number of carbonyl (C=O) groups excluding carboxylic acids is 3. The number of nitrogen functional groups attached to an aromatic ring is 1. The maximum absolute atomic E-state index is 12.7. The lowest BCUT2D eigenvalue weighted by molar-refractivity contribution is -0.137. The van der Waals surface area contributed by atoms with Crippen LogP contribution in [-0.4, -0.2) is 134 Å². The van der Waals surface area contributed by atoms with Gasteiger partial charge >= 0.3 is 29.4 Å². The Morgan fingerprint density at radius 3 is 2.28 bits per heavy atom. The third kappa shape index (κ3) is 21.4. The van der Waals surface area contributed by atoms with Crippen LogP contribution in [0.2, 0.25) is 0 Å². The first kappa shape index (κ1) is 57.8. The second-order valence-corrected chi connectivity index (χ2v) is 21.1. The number of phosphoric ester groups is 3. The lowest BCUT2D eigenvalue weighted by Crippen LogP contribution is -2.46. The molecule has 67 heavy (non-hydrogen) atoms. The molecule has 2 aromatic rings. The topological polar surface area (TPSA) is 401 Å².